The lowest BCUT2D eigenvalue weighted by Crippen LogP contribution is -2.29. The predicted octanol–water partition coefficient (Wildman–Crippen LogP) is 4.22. The Morgan fingerprint density at radius 2 is 1.71 bits per heavy atom. The molecule has 1 aromatic carbocycles. The van der Waals surface area contributed by atoms with Gasteiger partial charge in [-0.15, -0.1) is 0 Å². The summed E-state index contributed by atoms with van der Waals surface area (Å²) in [5, 5.41) is 11.0. The van der Waals surface area contributed by atoms with E-state index in [4.69, 9.17) is 0 Å². The van der Waals surface area contributed by atoms with Crippen LogP contribution in [0.5, 0.6) is 0 Å². The lowest BCUT2D eigenvalue weighted by Gasteiger charge is -2.25. The van der Waals surface area contributed by atoms with Crippen LogP contribution in [0.3, 0.4) is 0 Å². The normalized spacial score (nSPS) is 18.0. The van der Waals surface area contributed by atoms with Crippen LogP contribution in [-0.4, -0.2) is 31.7 Å². The van der Waals surface area contributed by atoms with E-state index in [1.54, 1.807) is 30.6 Å². The number of aromatic nitrogens is 2. The Morgan fingerprint density at radius 3 is 2.32 bits per heavy atom. The molecule has 1 aliphatic heterocycles. The van der Waals surface area contributed by atoms with Crippen LogP contribution in [0.2, 0.25) is 0 Å². The Balaban J connectivity index is 1.84. The van der Waals surface area contributed by atoms with Gasteiger partial charge in [0.25, 0.3) is 11.7 Å². The molecule has 1 fully saturated rings. The average molecular weight is 413 g/mol. The highest BCUT2D eigenvalue weighted by Crippen LogP contribution is 2.40. The number of rotatable bonds is 5. The van der Waals surface area contributed by atoms with Gasteiger partial charge >= 0.3 is 0 Å². The van der Waals surface area contributed by atoms with Crippen molar-refractivity contribution in [3.05, 3.63) is 101 Å². The van der Waals surface area contributed by atoms with Crippen molar-refractivity contribution in [1.82, 2.24) is 14.9 Å². The van der Waals surface area contributed by atoms with Crippen LogP contribution in [0.25, 0.3) is 5.76 Å². The van der Waals surface area contributed by atoms with E-state index < -0.39 is 17.7 Å². The van der Waals surface area contributed by atoms with Crippen LogP contribution in [0.1, 0.15) is 48.1 Å². The third-order valence-electron chi connectivity index (χ3n) is 5.49. The van der Waals surface area contributed by atoms with Crippen molar-refractivity contribution in [2.75, 3.05) is 0 Å². The molecule has 1 unspecified atom stereocenters. The molecule has 3 heterocycles. The molecule has 0 bridgehead atoms. The second kappa shape index (κ2) is 8.52. The molecule has 1 aliphatic rings. The first kappa shape index (κ1) is 20.5. The first-order chi connectivity index (χ1) is 15.0. The van der Waals surface area contributed by atoms with Crippen molar-refractivity contribution >= 4 is 17.4 Å². The van der Waals surface area contributed by atoms with Gasteiger partial charge in [0.15, 0.2) is 0 Å². The van der Waals surface area contributed by atoms with Crippen molar-refractivity contribution in [3.8, 4) is 0 Å². The number of aliphatic hydroxyl groups is 1. The second-order valence-electron chi connectivity index (χ2n) is 7.85. The molecular formula is C25H23N3O3. The van der Waals surface area contributed by atoms with E-state index in [9.17, 15) is 14.7 Å². The molecule has 1 amide bonds. The molecule has 0 radical (unpaired) electrons. The van der Waals surface area contributed by atoms with Crippen LogP contribution >= 0.6 is 0 Å². The highest BCUT2D eigenvalue weighted by Gasteiger charge is 2.46. The third-order valence-corrected chi connectivity index (χ3v) is 5.49. The lowest BCUT2D eigenvalue weighted by atomic mass is 9.93. The summed E-state index contributed by atoms with van der Waals surface area (Å²) in [6, 6.07) is 14.0. The predicted molar refractivity (Wildman–Crippen MR) is 117 cm³/mol. The monoisotopic (exact) mass is 413 g/mol. The maximum Gasteiger partial charge on any atom is 0.295 e. The molecule has 0 aliphatic carbocycles. The molecule has 3 aromatic rings. The summed E-state index contributed by atoms with van der Waals surface area (Å²) in [6.45, 7) is 4.42. The Labute approximate surface area is 180 Å². The highest BCUT2D eigenvalue weighted by atomic mass is 16.3. The summed E-state index contributed by atoms with van der Waals surface area (Å²) in [5.74, 6) is -1.19. The van der Waals surface area contributed by atoms with Gasteiger partial charge in [-0.2, -0.15) is 0 Å². The van der Waals surface area contributed by atoms with Crippen LogP contribution in [0.4, 0.5) is 0 Å². The highest BCUT2D eigenvalue weighted by molar-refractivity contribution is 6.46. The van der Waals surface area contributed by atoms with Gasteiger partial charge in [-0.1, -0.05) is 44.2 Å². The van der Waals surface area contributed by atoms with E-state index in [2.05, 4.69) is 23.8 Å². The summed E-state index contributed by atoms with van der Waals surface area (Å²) >= 11 is 0. The zero-order valence-corrected chi connectivity index (χ0v) is 17.4. The van der Waals surface area contributed by atoms with E-state index >= 15 is 0 Å². The van der Waals surface area contributed by atoms with Crippen LogP contribution < -0.4 is 0 Å². The number of hydrogen-bond donors (Lipinski definition) is 1. The Morgan fingerprint density at radius 1 is 1.00 bits per heavy atom. The van der Waals surface area contributed by atoms with Gasteiger partial charge in [0.1, 0.15) is 5.76 Å². The van der Waals surface area contributed by atoms with Gasteiger partial charge in [-0.3, -0.25) is 19.6 Å². The van der Waals surface area contributed by atoms with Gasteiger partial charge in [0.2, 0.25) is 0 Å². The number of Topliss-reactive ketones (excluding diaryl/α,β-unsaturated/α-hetero) is 1. The maximum absolute atomic E-state index is 13.0. The van der Waals surface area contributed by atoms with Crippen molar-refractivity contribution < 1.29 is 14.7 Å². The number of carbonyl (C=O) groups excluding carboxylic acids is 2. The van der Waals surface area contributed by atoms with Gasteiger partial charge in [-0.05, 0) is 40.8 Å². The van der Waals surface area contributed by atoms with E-state index in [1.807, 2.05) is 30.3 Å². The summed E-state index contributed by atoms with van der Waals surface area (Å²) < 4.78 is 0. The number of aliphatic hydroxyl groups excluding tert-OH is 1. The molecule has 1 N–H and O–H groups in total. The average Bonchev–Trinajstić information content (AvgIpc) is 3.05. The van der Waals surface area contributed by atoms with Crippen molar-refractivity contribution in [1.29, 1.82) is 0 Å². The molecule has 6 nitrogen and oxygen atoms in total. The molecule has 1 atom stereocenters. The molecule has 0 saturated carbocycles. The van der Waals surface area contributed by atoms with E-state index in [1.165, 1.54) is 17.3 Å². The number of ketones is 1. The van der Waals surface area contributed by atoms with Crippen LogP contribution in [-0.2, 0) is 16.1 Å². The number of hydrogen-bond acceptors (Lipinski definition) is 5. The molecule has 2 aromatic heterocycles. The van der Waals surface area contributed by atoms with Gasteiger partial charge < -0.3 is 10.0 Å². The van der Waals surface area contributed by atoms with Gasteiger partial charge in [-0.25, -0.2) is 0 Å². The Bertz CT molecular complexity index is 1120. The summed E-state index contributed by atoms with van der Waals surface area (Å²) in [6.07, 6.45) is 6.39. The van der Waals surface area contributed by atoms with E-state index in [-0.39, 0.29) is 17.9 Å². The molecule has 156 valence electrons. The van der Waals surface area contributed by atoms with Crippen LogP contribution in [0.15, 0.2) is 78.9 Å². The van der Waals surface area contributed by atoms with Gasteiger partial charge in [0, 0.05) is 36.9 Å². The van der Waals surface area contributed by atoms with E-state index in [0.717, 1.165) is 16.7 Å². The first-order valence-corrected chi connectivity index (χ1v) is 10.1. The maximum atomic E-state index is 13.0. The van der Waals surface area contributed by atoms with Gasteiger partial charge in [0.05, 0.1) is 11.6 Å². The molecule has 0 spiro atoms. The number of carbonyl (C=O) groups is 2. The fraction of sp³-hybridized carbons (Fsp3) is 0.200. The minimum absolute atomic E-state index is 0.0809. The Kier molecular flexibility index (Phi) is 5.62. The quantitative estimate of drug-likeness (QED) is 0.385. The number of benzene rings is 1. The summed E-state index contributed by atoms with van der Waals surface area (Å²) in [4.78, 5) is 35.6. The zero-order valence-electron chi connectivity index (χ0n) is 17.4. The summed E-state index contributed by atoms with van der Waals surface area (Å²) in [7, 11) is 0. The zero-order chi connectivity index (χ0) is 22.0. The molecule has 1 saturated heterocycles. The lowest BCUT2D eigenvalue weighted by molar-refractivity contribution is -0.140. The molecule has 4 rings (SSSR count). The largest absolute Gasteiger partial charge is 0.507 e. The molecule has 31 heavy (non-hydrogen) atoms. The minimum Gasteiger partial charge on any atom is -0.507 e. The number of amides is 1. The standard InChI is InChI=1S/C25H23N3O3/c1-16(2)18-5-7-19(8-6-18)22-21(23(29)20-9-12-26-13-10-20)24(30)25(31)28(22)15-17-4-3-11-27-14-17/h3-14,16,22,29H,15H2,1-2H3/b23-21-. The second-order valence-corrected chi connectivity index (χ2v) is 7.85. The summed E-state index contributed by atoms with van der Waals surface area (Å²) in [5.41, 5.74) is 3.25. The Hall–Kier alpha value is -3.80. The van der Waals surface area contributed by atoms with E-state index in [0.29, 0.717) is 11.5 Å². The third kappa shape index (κ3) is 3.97. The van der Waals surface area contributed by atoms with Crippen molar-refractivity contribution in [3.63, 3.8) is 0 Å². The fourth-order valence-corrected chi connectivity index (χ4v) is 3.81. The smallest absolute Gasteiger partial charge is 0.295 e. The molecule has 6 heteroatoms. The SMILES string of the molecule is CC(C)c1ccc(C2/C(=C(/O)c3ccncc3)C(=O)C(=O)N2Cc2cccnc2)cc1. The van der Waals surface area contributed by atoms with Crippen molar-refractivity contribution in [2.24, 2.45) is 0 Å². The number of likely N-dealkylation sites (tertiary alicyclic amines) is 1. The topological polar surface area (TPSA) is 83.4 Å². The molecular weight excluding hydrogens is 390 g/mol. The number of pyridine rings is 2. The first-order valence-electron chi connectivity index (χ1n) is 10.1. The van der Waals surface area contributed by atoms with Crippen LogP contribution in [0, 0.1) is 0 Å². The number of nitrogens with zero attached hydrogens (tertiary/aromatic N) is 3. The van der Waals surface area contributed by atoms with Crippen molar-refractivity contribution in [2.45, 2.75) is 32.4 Å². The fourth-order valence-electron chi connectivity index (χ4n) is 3.81. The minimum atomic E-state index is -0.699.